The van der Waals surface area contributed by atoms with Crippen molar-refractivity contribution in [2.75, 3.05) is 0 Å². The van der Waals surface area contributed by atoms with Crippen LogP contribution >= 0.6 is 0 Å². The van der Waals surface area contributed by atoms with E-state index in [1.165, 1.54) is 6.42 Å². The van der Waals surface area contributed by atoms with E-state index in [1.54, 1.807) is 6.92 Å². The topological polar surface area (TPSA) is 46.5 Å². The molecule has 0 bridgehead atoms. The molecule has 1 aliphatic rings. The number of rotatable bonds is 5. The third kappa shape index (κ3) is 3.03. The molecule has 18 heavy (non-hydrogen) atoms. The molecule has 1 saturated carbocycles. The minimum atomic E-state index is -0.758. The Morgan fingerprint density at radius 3 is 2.78 bits per heavy atom. The lowest BCUT2D eigenvalue weighted by atomic mass is 9.95. The second kappa shape index (κ2) is 5.42. The minimum Gasteiger partial charge on any atom is -0.490 e. The molecule has 0 saturated heterocycles. The summed E-state index contributed by atoms with van der Waals surface area (Å²) in [6.07, 6.45) is 4.31. The summed E-state index contributed by atoms with van der Waals surface area (Å²) in [5.74, 6) is -0.278. The van der Waals surface area contributed by atoms with E-state index in [-0.39, 0.29) is 5.92 Å². The molecule has 0 spiro atoms. The molecule has 1 N–H and O–H groups in total. The Hall–Kier alpha value is -1.51. The van der Waals surface area contributed by atoms with Gasteiger partial charge in [-0.2, -0.15) is 0 Å². The molecule has 1 aromatic rings. The van der Waals surface area contributed by atoms with Gasteiger partial charge in [-0.1, -0.05) is 24.6 Å². The summed E-state index contributed by atoms with van der Waals surface area (Å²) in [5.41, 5.74) is 2.15. The highest BCUT2D eigenvalue weighted by Gasteiger charge is 2.21. The molecule has 0 aromatic heterocycles. The first-order chi connectivity index (χ1) is 8.56. The van der Waals surface area contributed by atoms with Crippen molar-refractivity contribution in [2.45, 2.75) is 45.6 Å². The summed E-state index contributed by atoms with van der Waals surface area (Å²) >= 11 is 0. The maximum atomic E-state index is 10.9. The quantitative estimate of drug-likeness (QED) is 0.870. The van der Waals surface area contributed by atoms with E-state index in [9.17, 15) is 4.79 Å². The first-order valence-electron chi connectivity index (χ1n) is 6.55. The molecule has 3 heteroatoms. The van der Waals surface area contributed by atoms with E-state index in [2.05, 4.69) is 0 Å². The van der Waals surface area contributed by atoms with Crippen molar-refractivity contribution >= 4 is 5.97 Å². The van der Waals surface area contributed by atoms with Crippen LogP contribution in [0.3, 0.4) is 0 Å². The van der Waals surface area contributed by atoms with Gasteiger partial charge in [-0.25, -0.2) is 0 Å². The molecule has 1 aliphatic carbocycles. The molecule has 0 aliphatic heterocycles. The summed E-state index contributed by atoms with van der Waals surface area (Å²) in [5, 5.41) is 9.00. The van der Waals surface area contributed by atoms with Gasteiger partial charge in [0, 0.05) is 0 Å². The van der Waals surface area contributed by atoms with Gasteiger partial charge in [0.2, 0.25) is 0 Å². The standard InChI is InChI=1S/C15H20O3/c1-10-6-7-14(18-13-4-3-5-13)12(8-10)9-11(2)15(16)17/h6-8,11,13H,3-5,9H2,1-2H3,(H,16,17). The third-order valence-electron chi connectivity index (χ3n) is 3.51. The molecule has 2 rings (SSSR count). The Bertz CT molecular complexity index is 435. The Labute approximate surface area is 108 Å². The molecule has 0 heterocycles. The highest BCUT2D eigenvalue weighted by molar-refractivity contribution is 5.70. The summed E-state index contributed by atoms with van der Waals surface area (Å²) < 4.78 is 5.92. The smallest absolute Gasteiger partial charge is 0.306 e. The molecule has 3 nitrogen and oxygen atoms in total. The molecular formula is C15H20O3. The minimum absolute atomic E-state index is 0.326. The van der Waals surface area contributed by atoms with E-state index in [0.29, 0.717) is 12.5 Å². The lowest BCUT2D eigenvalue weighted by Gasteiger charge is -2.28. The molecular weight excluding hydrogens is 228 g/mol. The summed E-state index contributed by atoms with van der Waals surface area (Å²) in [6, 6.07) is 6.02. The number of aliphatic carboxylic acids is 1. The number of carboxylic acid groups (broad SMARTS) is 1. The number of hydrogen-bond donors (Lipinski definition) is 1. The van der Waals surface area contributed by atoms with Crippen LogP contribution in [0.4, 0.5) is 0 Å². The lowest BCUT2D eigenvalue weighted by Crippen LogP contribution is -2.25. The van der Waals surface area contributed by atoms with Crippen molar-refractivity contribution in [1.29, 1.82) is 0 Å². The van der Waals surface area contributed by atoms with Crippen LogP contribution in [0, 0.1) is 12.8 Å². The van der Waals surface area contributed by atoms with Crippen molar-refractivity contribution in [3.05, 3.63) is 29.3 Å². The van der Waals surface area contributed by atoms with Crippen LogP contribution in [0.15, 0.2) is 18.2 Å². The van der Waals surface area contributed by atoms with Crippen LogP contribution in [0.1, 0.15) is 37.3 Å². The van der Waals surface area contributed by atoms with E-state index in [1.807, 2.05) is 25.1 Å². The Morgan fingerprint density at radius 1 is 1.50 bits per heavy atom. The molecule has 1 unspecified atom stereocenters. The van der Waals surface area contributed by atoms with Gasteiger partial charge < -0.3 is 9.84 Å². The first-order valence-corrected chi connectivity index (χ1v) is 6.55. The second-order valence-electron chi connectivity index (χ2n) is 5.23. The fourth-order valence-corrected chi connectivity index (χ4v) is 2.07. The van der Waals surface area contributed by atoms with Crippen molar-refractivity contribution in [3.63, 3.8) is 0 Å². The summed E-state index contributed by atoms with van der Waals surface area (Å²) in [4.78, 5) is 10.9. The maximum Gasteiger partial charge on any atom is 0.306 e. The van der Waals surface area contributed by atoms with Crippen molar-refractivity contribution in [3.8, 4) is 5.75 Å². The fraction of sp³-hybridized carbons (Fsp3) is 0.533. The Balaban J connectivity index is 2.14. The predicted octanol–water partition coefficient (Wildman–Crippen LogP) is 3.19. The van der Waals surface area contributed by atoms with E-state index < -0.39 is 5.97 Å². The first kappa shape index (κ1) is 12.9. The van der Waals surface area contributed by atoms with Crippen LogP contribution in [-0.4, -0.2) is 17.2 Å². The van der Waals surface area contributed by atoms with E-state index >= 15 is 0 Å². The third-order valence-corrected chi connectivity index (χ3v) is 3.51. The average Bonchev–Trinajstić information content (AvgIpc) is 2.25. The average molecular weight is 248 g/mol. The zero-order valence-electron chi connectivity index (χ0n) is 11.0. The fourth-order valence-electron chi connectivity index (χ4n) is 2.07. The van der Waals surface area contributed by atoms with Crippen molar-refractivity contribution in [1.82, 2.24) is 0 Å². The maximum absolute atomic E-state index is 10.9. The van der Waals surface area contributed by atoms with Gasteiger partial charge in [0.25, 0.3) is 0 Å². The molecule has 0 amide bonds. The van der Waals surface area contributed by atoms with Gasteiger partial charge in [-0.15, -0.1) is 0 Å². The highest BCUT2D eigenvalue weighted by Crippen LogP contribution is 2.29. The van der Waals surface area contributed by atoms with Gasteiger partial charge >= 0.3 is 5.97 Å². The number of carboxylic acids is 1. The van der Waals surface area contributed by atoms with Gasteiger partial charge in [-0.3, -0.25) is 4.79 Å². The van der Waals surface area contributed by atoms with E-state index in [4.69, 9.17) is 9.84 Å². The second-order valence-corrected chi connectivity index (χ2v) is 5.23. The molecule has 1 fully saturated rings. The Morgan fingerprint density at radius 2 is 2.22 bits per heavy atom. The zero-order chi connectivity index (χ0) is 13.1. The number of hydrogen-bond acceptors (Lipinski definition) is 2. The number of benzene rings is 1. The van der Waals surface area contributed by atoms with Crippen molar-refractivity contribution in [2.24, 2.45) is 5.92 Å². The number of ether oxygens (including phenoxy) is 1. The van der Waals surface area contributed by atoms with Crippen LogP contribution < -0.4 is 4.74 Å². The van der Waals surface area contributed by atoms with Crippen LogP contribution in [0.5, 0.6) is 5.75 Å². The molecule has 1 atom stereocenters. The Kier molecular flexibility index (Phi) is 3.90. The summed E-state index contributed by atoms with van der Waals surface area (Å²) in [7, 11) is 0. The van der Waals surface area contributed by atoms with Crippen LogP contribution in [-0.2, 0) is 11.2 Å². The number of carbonyl (C=O) groups is 1. The molecule has 1 aromatic carbocycles. The molecule has 98 valence electrons. The van der Waals surface area contributed by atoms with Gasteiger partial charge in [-0.05, 0) is 44.2 Å². The lowest BCUT2D eigenvalue weighted by molar-refractivity contribution is -0.141. The zero-order valence-corrected chi connectivity index (χ0v) is 11.0. The predicted molar refractivity (Wildman–Crippen MR) is 69.9 cm³/mol. The largest absolute Gasteiger partial charge is 0.490 e. The highest BCUT2D eigenvalue weighted by atomic mass is 16.5. The molecule has 0 radical (unpaired) electrons. The van der Waals surface area contributed by atoms with Gasteiger partial charge in [0.15, 0.2) is 0 Å². The van der Waals surface area contributed by atoms with Crippen LogP contribution in [0.25, 0.3) is 0 Å². The number of aryl methyl sites for hydroxylation is 1. The SMILES string of the molecule is Cc1ccc(OC2CCC2)c(CC(C)C(=O)O)c1. The van der Waals surface area contributed by atoms with Crippen LogP contribution in [0.2, 0.25) is 0 Å². The van der Waals surface area contributed by atoms with Gasteiger partial charge in [0.05, 0.1) is 12.0 Å². The van der Waals surface area contributed by atoms with Gasteiger partial charge in [0.1, 0.15) is 5.75 Å². The normalized spacial score (nSPS) is 17.0. The van der Waals surface area contributed by atoms with Crippen molar-refractivity contribution < 1.29 is 14.6 Å². The summed E-state index contributed by atoms with van der Waals surface area (Å²) in [6.45, 7) is 3.75. The monoisotopic (exact) mass is 248 g/mol. The van der Waals surface area contributed by atoms with E-state index in [0.717, 1.165) is 29.7 Å².